The first-order valence-corrected chi connectivity index (χ1v) is 15.2. The van der Waals surface area contributed by atoms with E-state index >= 15 is 0 Å². The van der Waals surface area contributed by atoms with Gasteiger partial charge in [0.15, 0.2) is 0 Å². The number of rotatable bonds is 6. The molecule has 1 aliphatic carbocycles. The predicted octanol–water partition coefficient (Wildman–Crippen LogP) is 7.72. The molecule has 1 saturated carbocycles. The largest absolute Gasteiger partial charge is 0.469 e. The minimum Gasteiger partial charge on any atom is -0.469 e. The molecule has 0 radical (unpaired) electrons. The summed E-state index contributed by atoms with van der Waals surface area (Å²) >= 11 is 1.24. The number of hydrogen-bond acceptors (Lipinski definition) is 5. The van der Waals surface area contributed by atoms with Gasteiger partial charge in [-0.2, -0.15) is 11.3 Å². The van der Waals surface area contributed by atoms with E-state index < -0.39 is 21.3 Å². The van der Waals surface area contributed by atoms with Gasteiger partial charge in [0.05, 0.1) is 35.7 Å². The number of carbonyl (C=O) groups is 1. The van der Waals surface area contributed by atoms with Gasteiger partial charge in [-0.05, 0) is 60.7 Å². The molecule has 2 heterocycles. The molecule has 41 heavy (non-hydrogen) atoms. The van der Waals surface area contributed by atoms with Crippen molar-refractivity contribution >= 4 is 43.2 Å². The number of methoxy groups -OCH3 is 1. The molecule has 1 aliphatic rings. The average Bonchev–Trinajstić information content (AvgIpc) is 3.29. The average molecular weight is 585 g/mol. The van der Waals surface area contributed by atoms with Crippen LogP contribution in [-0.4, -0.2) is 25.5 Å². The molecule has 0 saturated heterocycles. The predicted molar refractivity (Wildman–Crippen MR) is 158 cm³/mol. The Kier molecular flexibility index (Phi) is 6.36. The van der Waals surface area contributed by atoms with Crippen LogP contribution in [-0.2, 0) is 25.0 Å². The first kappa shape index (κ1) is 26.9. The Hall–Kier alpha value is -4.26. The van der Waals surface area contributed by atoms with Gasteiger partial charge in [-0.25, -0.2) is 21.6 Å². The van der Waals surface area contributed by atoms with E-state index in [-0.39, 0.29) is 16.8 Å². The second kappa shape index (κ2) is 9.68. The molecule has 9 heteroatoms. The van der Waals surface area contributed by atoms with Crippen molar-refractivity contribution in [2.24, 2.45) is 5.92 Å². The molecule has 1 fully saturated rings. The number of aromatic nitrogens is 1. The van der Waals surface area contributed by atoms with Crippen molar-refractivity contribution in [2.75, 3.05) is 7.11 Å². The molecular formula is C32H25FN2O4S2. The molecule has 206 valence electrons. The van der Waals surface area contributed by atoms with E-state index in [1.165, 1.54) is 40.6 Å². The van der Waals surface area contributed by atoms with Crippen LogP contribution >= 0.6 is 11.3 Å². The second-order valence-electron chi connectivity index (χ2n) is 10.5. The molecule has 3 aromatic carbocycles. The van der Waals surface area contributed by atoms with Crippen LogP contribution in [0.15, 0.2) is 83.1 Å². The van der Waals surface area contributed by atoms with E-state index in [4.69, 9.17) is 11.3 Å². The van der Waals surface area contributed by atoms with Crippen LogP contribution < -0.4 is 0 Å². The van der Waals surface area contributed by atoms with E-state index in [2.05, 4.69) is 4.85 Å². The lowest BCUT2D eigenvalue weighted by Crippen LogP contribution is -2.15. The zero-order valence-electron chi connectivity index (χ0n) is 22.5. The van der Waals surface area contributed by atoms with Gasteiger partial charge >= 0.3 is 5.97 Å². The second-order valence-corrected chi connectivity index (χ2v) is 13.2. The van der Waals surface area contributed by atoms with Crippen LogP contribution in [0.4, 0.5) is 9.39 Å². The first-order valence-electron chi connectivity index (χ1n) is 12.9. The monoisotopic (exact) mass is 584 g/mol. The third-order valence-electron chi connectivity index (χ3n) is 7.98. The smallest absolute Gasteiger partial charge is 0.309 e. The van der Waals surface area contributed by atoms with Gasteiger partial charge < -0.3 is 4.74 Å². The highest BCUT2D eigenvalue weighted by molar-refractivity contribution is 7.90. The zero-order chi connectivity index (χ0) is 29.1. The SMILES string of the molecule is [C-]#[N+]c1sccc1-c1c(-c2cccc(C3(C)CC3C(=O)OC)c2)n(S(=O)(=O)c2ccc(C)cc2)c2ccc(F)cc12. The van der Waals surface area contributed by atoms with Gasteiger partial charge in [-0.1, -0.05) is 48.9 Å². The Bertz CT molecular complexity index is 2000. The van der Waals surface area contributed by atoms with Crippen LogP contribution in [0.2, 0.25) is 0 Å². The lowest BCUT2D eigenvalue weighted by atomic mass is 9.92. The number of halogens is 1. The standard InChI is InChI=1S/C32H25FN2O4S2/c1-19-8-11-23(12-9-19)41(37,38)35-27-13-10-22(33)17-25(27)28(24-14-15-40-30(24)34-3)29(35)20-6-5-7-21(16-20)32(2)18-26(32)31(36)39-4/h5-17,26H,18H2,1-2,4H3. The quantitative estimate of drug-likeness (QED) is 0.151. The number of hydrogen-bond donors (Lipinski definition) is 0. The minimum atomic E-state index is -4.18. The Labute approximate surface area is 241 Å². The van der Waals surface area contributed by atoms with Crippen LogP contribution in [0, 0.1) is 25.2 Å². The van der Waals surface area contributed by atoms with E-state index in [0.29, 0.717) is 44.7 Å². The van der Waals surface area contributed by atoms with Gasteiger partial charge in [0.25, 0.3) is 10.0 Å². The van der Waals surface area contributed by atoms with Gasteiger partial charge in [-0.15, -0.1) is 0 Å². The minimum absolute atomic E-state index is 0.0870. The van der Waals surface area contributed by atoms with Crippen molar-refractivity contribution in [3.63, 3.8) is 0 Å². The normalized spacial score (nSPS) is 18.3. The fourth-order valence-corrected chi connectivity index (χ4v) is 7.83. The molecule has 6 nitrogen and oxygen atoms in total. The summed E-state index contributed by atoms with van der Waals surface area (Å²) in [4.78, 5) is 16.1. The summed E-state index contributed by atoms with van der Waals surface area (Å²) in [6.07, 6.45) is 0.609. The number of ether oxygens (including phenoxy) is 1. The van der Waals surface area contributed by atoms with Crippen molar-refractivity contribution in [1.82, 2.24) is 3.97 Å². The molecule has 0 bridgehead atoms. The summed E-state index contributed by atoms with van der Waals surface area (Å²) in [6, 6.07) is 19.8. The molecule has 5 aromatic rings. The molecule has 6 rings (SSSR count). The van der Waals surface area contributed by atoms with E-state index in [1.807, 2.05) is 38.1 Å². The lowest BCUT2D eigenvalue weighted by Gasteiger charge is -2.17. The van der Waals surface area contributed by atoms with Crippen LogP contribution in [0.3, 0.4) is 0 Å². The fourth-order valence-electron chi connectivity index (χ4n) is 5.60. The van der Waals surface area contributed by atoms with Gasteiger partial charge in [0.2, 0.25) is 5.00 Å². The Morgan fingerprint density at radius 1 is 1.12 bits per heavy atom. The van der Waals surface area contributed by atoms with Gasteiger partial charge in [0.1, 0.15) is 5.82 Å². The van der Waals surface area contributed by atoms with E-state index in [0.717, 1.165) is 11.1 Å². The summed E-state index contributed by atoms with van der Waals surface area (Å²) in [5.41, 5.74) is 3.51. The molecule has 0 N–H and O–H groups in total. The highest BCUT2D eigenvalue weighted by Gasteiger charge is 2.56. The van der Waals surface area contributed by atoms with Crippen molar-refractivity contribution in [3.8, 4) is 22.4 Å². The number of thiophene rings is 1. The molecule has 0 aliphatic heterocycles. The van der Waals surface area contributed by atoms with Crippen LogP contribution in [0.1, 0.15) is 24.5 Å². The van der Waals surface area contributed by atoms with Crippen molar-refractivity contribution < 1.29 is 22.3 Å². The van der Waals surface area contributed by atoms with Crippen LogP contribution in [0.25, 0.3) is 38.1 Å². The number of benzene rings is 3. The Morgan fingerprint density at radius 2 is 1.88 bits per heavy atom. The summed E-state index contributed by atoms with van der Waals surface area (Å²) in [5, 5.41) is 2.53. The third kappa shape index (κ3) is 4.26. The molecular weight excluding hydrogens is 559 g/mol. The molecule has 0 spiro atoms. The lowest BCUT2D eigenvalue weighted by molar-refractivity contribution is -0.142. The molecule has 2 unspecified atom stereocenters. The fraction of sp³-hybridized carbons (Fsp3) is 0.188. The molecule has 2 aromatic heterocycles. The first-order chi connectivity index (χ1) is 19.6. The summed E-state index contributed by atoms with van der Waals surface area (Å²) < 4.78 is 49.8. The van der Waals surface area contributed by atoms with Crippen LogP contribution in [0.5, 0.6) is 0 Å². The number of fused-ring (bicyclic) bond motifs is 1. The van der Waals surface area contributed by atoms with Crippen molar-refractivity contribution in [1.29, 1.82) is 0 Å². The van der Waals surface area contributed by atoms with E-state index in [9.17, 15) is 17.6 Å². The van der Waals surface area contributed by atoms with Crippen molar-refractivity contribution in [2.45, 2.75) is 30.6 Å². The third-order valence-corrected chi connectivity index (χ3v) is 10.5. The highest BCUT2D eigenvalue weighted by Crippen LogP contribution is 2.55. The maximum atomic E-state index is 14.8. The van der Waals surface area contributed by atoms with Crippen molar-refractivity contribution in [3.05, 3.63) is 107 Å². The maximum Gasteiger partial charge on any atom is 0.309 e. The number of esters is 1. The summed E-state index contributed by atoms with van der Waals surface area (Å²) in [6.45, 7) is 11.6. The molecule has 0 amide bonds. The number of nitrogens with zero attached hydrogens (tertiary/aromatic N) is 2. The number of aryl methyl sites for hydroxylation is 1. The number of carbonyl (C=O) groups excluding carboxylic acids is 1. The summed E-state index contributed by atoms with van der Waals surface area (Å²) in [7, 11) is -2.81. The Balaban J connectivity index is 1.71. The maximum absolute atomic E-state index is 14.8. The summed E-state index contributed by atoms with van der Waals surface area (Å²) in [5.74, 6) is -1.11. The molecule has 2 atom stereocenters. The highest BCUT2D eigenvalue weighted by atomic mass is 32.2. The zero-order valence-corrected chi connectivity index (χ0v) is 24.1. The van der Waals surface area contributed by atoms with Gasteiger partial charge in [-0.3, -0.25) is 4.79 Å². The topological polar surface area (TPSA) is 69.7 Å². The van der Waals surface area contributed by atoms with E-state index in [1.54, 1.807) is 35.7 Å². The van der Waals surface area contributed by atoms with Gasteiger partial charge in [0, 0.05) is 27.5 Å². The Morgan fingerprint density at radius 3 is 2.59 bits per heavy atom.